The van der Waals surface area contributed by atoms with Crippen molar-refractivity contribution in [1.82, 2.24) is 19.4 Å². The van der Waals surface area contributed by atoms with Gasteiger partial charge in [0.05, 0.1) is 46.5 Å². The van der Waals surface area contributed by atoms with E-state index in [0.29, 0.717) is 34.4 Å². The lowest BCUT2D eigenvalue weighted by molar-refractivity contribution is -0.120. The van der Waals surface area contributed by atoms with Crippen LogP contribution in [0.25, 0.3) is 33.1 Å². The summed E-state index contributed by atoms with van der Waals surface area (Å²) < 4.78 is 24.6. The zero-order chi connectivity index (χ0) is 28.6. The fraction of sp³-hybridized carbons (Fsp3) is 0.379. The zero-order valence-electron chi connectivity index (χ0n) is 22.6. The van der Waals surface area contributed by atoms with E-state index in [-0.39, 0.29) is 47.9 Å². The van der Waals surface area contributed by atoms with E-state index in [1.807, 2.05) is 28.5 Å². The number of halogens is 2. The lowest BCUT2D eigenvalue weighted by atomic mass is 9.95. The van der Waals surface area contributed by atoms with Crippen molar-refractivity contribution in [2.45, 2.75) is 38.5 Å². The minimum Gasteiger partial charge on any atom is -0.465 e. The Morgan fingerprint density at radius 3 is 2.76 bits per heavy atom. The van der Waals surface area contributed by atoms with Gasteiger partial charge in [-0.2, -0.15) is 0 Å². The number of aromatic nitrogens is 3. The van der Waals surface area contributed by atoms with Crippen LogP contribution < -0.4 is 9.80 Å². The van der Waals surface area contributed by atoms with Crippen molar-refractivity contribution in [3.8, 4) is 11.1 Å². The third-order valence-electron chi connectivity index (χ3n) is 8.59. The molecule has 4 aromatic rings. The van der Waals surface area contributed by atoms with Crippen molar-refractivity contribution in [1.29, 1.82) is 0 Å². The van der Waals surface area contributed by atoms with E-state index in [1.54, 1.807) is 19.4 Å². The fourth-order valence-electron chi connectivity index (χ4n) is 6.49. The molecular weight excluding hydrogens is 551 g/mol. The molecule has 0 saturated carbocycles. The Kier molecular flexibility index (Phi) is 6.05. The van der Waals surface area contributed by atoms with E-state index < -0.39 is 18.0 Å². The molecule has 1 N–H and O–H groups in total. The van der Waals surface area contributed by atoms with Gasteiger partial charge in [0, 0.05) is 43.3 Å². The first kappa shape index (κ1) is 26.0. The maximum absolute atomic E-state index is 16.6. The number of nitrogens with zero attached hydrogens (tertiary/aromatic N) is 6. The van der Waals surface area contributed by atoms with Crippen molar-refractivity contribution in [3.05, 3.63) is 47.1 Å². The Morgan fingerprint density at radius 2 is 2.00 bits per heavy atom. The standard InChI is InChI=1S/C29H28ClFN6O4/c1-15-6-7-18-26(33-14-37(18)21-5-3-4-10-41-21)22(15)23-17(30)11-16-25(24(23)31)32-12-19-27(16)36-9-8-35(29(39)40)13-20(36)28(38)34(19)2/h6-7,11-12,14,20-21H,3-5,8-10,13H2,1-2H3,(H,39,40)/t20-,21?/m1/s1. The molecule has 3 aliphatic rings. The Balaban J connectivity index is 1.40. The Hall–Kier alpha value is -3.96. The highest BCUT2D eigenvalue weighted by Crippen LogP contribution is 2.46. The summed E-state index contributed by atoms with van der Waals surface area (Å²) in [5.74, 6) is -0.817. The number of imidazole rings is 1. The second-order valence-corrected chi connectivity index (χ2v) is 11.3. The van der Waals surface area contributed by atoms with E-state index >= 15 is 4.39 Å². The van der Waals surface area contributed by atoms with Crippen LogP contribution in [0.2, 0.25) is 5.02 Å². The Labute approximate surface area is 239 Å². The molecule has 2 fully saturated rings. The maximum atomic E-state index is 16.6. The molecule has 1 unspecified atom stereocenters. The molecule has 2 amide bonds. The van der Waals surface area contributed by atoms with E-state index in [4.69, 9.17) is 16.3 Å². The fourth-order valence-corrected chi connectivity index (χ4v) is 6.77. The summed E-state index contributed by atoms with van der Waals surface area (Å²) in [6.07, 6.45) is 5.02. The number of aryl methyl sites for hydroxylation is 1. The number of pyridine rings is 1. The molecule has 2 aromatic carbocycles. The summed E-state index contributed by atoms with van der Waals surface area (Å²) >= 11 is 6.91. The second-order valence-electron chi connectivity index (χ2n) is 10.9. The van der Waals surface area contributed by atoms with Gasteiger partial charge in [-0.15, -0.1) is 0 Å². The van der Waals surface area contributed by atoms with Gasteiger partial charge in [-0.25, -0.2) is 14.2 Å². The van der Waals surface area contributed by atoms with Crippen LogP contribution in [-0.2, 0) is 9.53 Å². The van der Waals surface area contributed by atoms with E-state index in [1.165, 1.54) is 16.0 Å². The molecule has 5 heterocycles. The lowest BCUT2D eigenvalue weighted by Crippen LogP contribution is -2.62. The molecule has 3 aliphatic heterocycles. The highest BCUT2D eigenvalue weighted by Gasteiger charge is 2.42. The topological polar surface area (TPSA) is 104 Å². The minimum atomic E-state index is -1.08. The van der Waals surface area contributed by atoms with Gasteiger partial charge >= 0.3 is 6.09 Å². The largest absolute Gasteiger partial charge is 0.465 e. The summed E-state index contributed by atoms with van der Waals surface area (Å²) in [5, 5.41) is 10.2. The maximum Gasteiger partial charge on any atom is 0.407 e. The SMILES string of the molecule is Cc1ccc2c(ncn2C2CCCCO2)c1-c1c(Cl)cc2c3c(cnc2c1F)N(C)C(=O)[C@H]1CN(C(=O)O)CCN31. The average molecular weight is 579 g/mol. The summed E-state index contributed by atoms with van der Waals surface area (Å²) in [4.78, 5) is 38.5. The summed E-state index contributed by atoms with van der Waals surface area (Å²) in [6.45, 7) is 3.11. The zero-order valence-corrected chi connectivity index (χ0v) is 23.4. The number of carbonyl (C=O) groups excluding carboxylic acids is 1. The number of ether oxygens (including phenoxy) is 1. The van der Waals surface area contributed by atoms with Crippen LogP contribution in [0.4, 0.5) is 20.6 Å². The molecule has 2 saturated heterocycles. The number of carboxylic acid groups (broad SMARTS) is 1. The van der Waals surface area contributed by atoms with Gasteiger partial charge in [0.2, 0.25) is 0 Å². The molecule has 0 radical (unpaired) electrons. The number of benzene rings is 2. The van der Waals surface area contributed by atoms with Crippen molar-refractivity contribution < 1.29 is 23.8 Å². The van der Waals surface area contributed by atoms with Crippen LogP contribution in [-0.4, -0.2) is 75.9 Å². The monoisotopic (exact) mass is 578 g/mol. The van der Waals surface area contributed by atoms with Gasteiger partial charge < -0.3 is 29.1 Å². The number of anilines is 2. The van der Waals surface area contributed by atoms with E-state index in [9.17, 15) is 14.7 Å². The lowest BCUT2D eigenvalue weighted by Gasteiger charge is -2.46. The highest BCUT2D eigenvalue weighted by atomic mass is 35.5. The number of piperazine rings is 1. The molecule has 7 rings (SSSR count). The molecule has 2 aromatic heterocycles. The first-order valence-corrected chi connectivity index (χ1v) is 14.0. The van der Waals surface area contributed by atoms with Crippen molar-refractivity contribution in [3.63, 3.8) is 0 Å². The van der Waals surface area contributed by atoms with Crippen molar-refractivity contribution in [2.75, 3.05) is 43.1 Å². The Morgan fingerprint density at radius 1 is 1.17 bits per heavy atom. The first-order chi connectivity index (χ1) is 19.8. The van der Waals surface area contributed by atoms with Gasteiger partial charge in [0.15, 0.2) is 5.82 Å². The molecule has 0 bridgehead atoms. The van der Waals surface area contributed by atoms with Crippen LogP contribution in [0.3, 0.4) is 0 Å². The van der Waals surface area contributed by atoms with Crippen LogP contribution >= 0.6 is 11.6 Å². The molecule has 212 valence electrons. The third kappa shape index (κ3) is 3.86. The third-order valence-corrected chi connectivity index (χ3v) is 8.89. The quantitative estimate of drug-likeness (QED) is 0.349. The number of rotatable bonds is 2. The molecule has 12 heteroatoms. The first-order valence-electron chi connectivity index (χ1n) is 13.7. The van der Waals surface area contributed by atoms with Crippen LogP contribution in [0, 0.1) is 12.7 Å². The van der Waals surface area contributed by atoms with Gasteiger partial charge in [-0.1, -0.05) is 17.7 Å². The number of carbonyl (C=O) groups is 2. The molecule has 2 atom stereocenters. The normalized spacial score (nSPS) is 21.0. The van der Waals surface area contributed by atoms with Crippen molar-refractivity contribution in [2.24, 2.45) is 0 Å². The summed E-state index contributed by atoms with van der Waals surface area (Å²) in [5.41, 5.74) is 4.37. The molecule has 0 spiro atoms. The number of likely N-dealkylation sites (N-methyl/N-ethyl adjacent to an activating group) is 1. The van der Waals surface area contributed by atoms with Crippen LogP contribution in [0.1, 0.15) is 31.1 Å². The molecule has 41 heavy (non-hydrogen) atoms. The summed E-state index contributed by atoms with van der Waals surface area (Å²) in [6, 6.07) is 4.88. The van der Waals surface area contributed by atoms with E-state index in [0.717, 1.165) is 30.3 Å². The van der Waals surface area contributed by atoms with Gasteiger partial charge in [-0.05, 0) is 43.9 Å². The number of fused-ring (bicyclic) bond motifs is 6. The summed E-state index contributed by atoms with van der Waals surface area (Å²) in [7, 11) is 1.62. The predicted octanol–water partition coefficient (Wildman–Crippen LogP) is 5.20. The molecular formula is C29H28ClFN6O4. The van der Waals surface area contributed by atoms with Gasteiger partial charge in [0.1, 0.15) is 17.8 Å². The number of amides is 2. The molecule has 10 nitrogen and oxygen atoms in total. The molecule has 0 aliphatic carbocycles. The highest BCUT2D eigenvalue weighted by molar-refractivity contribution is 6.35. The Bertz CT molecular complexity index is 1750. The van der Waals surface area contributed by atoms with E-state index in [2.05, 4.69) is 9.97 Å². The smallest absolute Gasteiger partial charge is 0.407 e. The van der Waals surface area contributed by atoms with Gasteiger partial charge in [0.25, 0.3) is 5.91 Å². The van der Waals surface area contributed by atoms with Crippen LogP contribution in [0.5, 0.6) is 0 Å². The minimum absolute atomic E-state index is 0.0185. The second kappa shape index (κ2) is 9.56. The van der Waals surface area contributed by atoms with Crippen LogP contribution in [0.15, 0.2) is 30.7 Å². The van der Waals surface area contributed by atoms with Gasteiger partial charge in [-0.3, -0.25) is 9.78 Å². The average Bonchev–Trinajstić information content (AvgIpc) is 3.41. The number of hydrogen-bond acceptors (Lipinski definition) is 6. The predicted molar refractivity (Wildman–Crippen MR) is 153 cm³/mol. The number of hydrogen-bond donors (Lipinski definition) is 1. The van der Waals surface area contributed by atoms with Crippen molar-refractivity contribution >= 4 is 56.9 Å².